The van der Waals surface area contributed by atoms with Gasteiger partial charge in [-0.25, -0.2) is 0 Å². The zero-order valence-electron chi connectivity index (χ0n) is 11.4. The first kappa shape index (κ1) is 15.7. The molecule has 1 rings (SSSR count). The Labute approximate surface area is 116 Å². The molecular weight excluding hydrogens is 262 g/mol. The molecule has 1 atom stereocenters. The van der Waals surface area contributed by atoms with Crippen LogP contribution in [0.5, 0.6) is 11.5 Å². The number of rotatable bonds is 8. The molecule has 7 nitrogen and oxygen atoms in total. The molecule has 0 saturated heterocycles. The van der Waals surface area contributed by atoms with Gasteiger partial charge in [0.05, 0.1) is 20.3 Å². The molecule has 20 heavy (non-hydrogen) atoms. The van der Waals surface area contributed by atoms with Gasteiger partial charge in [-0.15, -0.1) is 0 Å². The van der Waals surface area contributed by atoms with Crippen LogP contribution in [0.1, 0.15) is 30.9 Å². The van der Waals surface area contributed by atoms with Crippen molar-refractivity contribution in [2.24, 2.45) is 5.11 Å². The van der Waals surface area contributed by atoms with E-state index < -0.39 is 12.0 Å². The Bertz CT molecular complexity index is 512. The van der Waals surface area contributed by atoms with Crippen LogP contribution < -0.4 is 9.47 Å². The van der Waals surface area contributed by atoms with E-state index in [1.54, 1.807) is 25.3 Å². The summed E-state index contributed by atoms with van der Waals surface area (Å²) >= 11 is 0. The van der Waals surface area contributed by atoms with Gasteiger partial charge in [0.2, 0.25) is 0 Å². The second-order valence-corrected chi connectivity index (χ2v) is 4.11. The summed E-state index contributed by atoms with van der Waals surface area (Å²) in [5, 5.41) is 12.4. The van der Waals surface area contributed by atoms with Crippen LogP contribution in [-0.2, 0) is 4.79 Å². The Kier molecular flexibility index (Phi) is 6.19. The fourth-order valence-corrected chi connectivity index (χ4v) is 1.88. The van der Waals surface area contributed by atoms with E-state index in [0.717, 1.165) is 0 Å². The molecule has 1 aromatic rings. The van der Waals surface area contributed by atoms with E-state index in [9.17, 15) is 4.79 Å². The van der Waals surface area contributed by atoms with Gasteiger partial charge in [0, 0.05) is 16.9 Å². The lowest BCUT2D eigenvalue weighted by atomic mass is 10.0. The summed E-state index contributed by atoms with van der Waals surface area (Å²) in [6, 6.07) is 4.72. The first-order chi connectivity index (χ1) is 9.62. The standard InChI is InChI=1S/C13H17N3O4/c1-19-9-6-7-12(20-2)10(8-9)11(15-16-14)4-3-5-13(17)18/h6-8,11H,3-5H2,1-2H3,(H,17,18). The van der Waals surface area contributed by atoms with Crippen LogP contribution in [0.3, 0.4) is 0 Å². The topological polar surface area (TPSA) is 105 Å². The van der Waals surface area contributed by atoms with Crippen molar-refractivity contribution in [3.8, 4) is 11.5 Å². The summed E-state index contributed by atoms with van der Waals surface area (Å²) in [5.41, 5.74) is 9.36. The van der Waals surface area contributed by atoms with E-state index in [4.69, 9.17) is 20.1 Å². The van der Waals surface area contributed by atoms with Crippen molar-refractivity contribution in [1.82, 2.24) is 0 Å². The number of aliphatic carboxylic acids is 1. The summed E-state index contributed by atoms with van der Waals surface area (Å²) in [5.74, 6) is 0.331. The molecule has 1 N–H and O–H groups in total. The fraction of sp³-hybridized carbons (Fsp3) is 0.462. The number of nitrogens with zero attached hydrogens (tertiary/aromatic N) is 3. The molecule has 108 valence electrons. The largest absolute Gasteiger partial charge is 0.497 e. The highest BCUT2D eigenvalue weighted by atomic mass is 16.5. The van der Waals surface area contributed by atoms with Gasteiger partial charge in [0.25, 0.3) is 0 Å². The average molecular weight is 279 g/mol. The third kappa shape index (κ3) is 4.37. The number of hydrogen-bond donors (Lipinski definition) is 1. The molecule has 0 fully saturated rings. The van der Waals surface area contributed by atoms with Crippen molar-refractivity contribution in [3.05, 3.63) is 34.2 Å². The maximum absolute atomic E-state index is 10.6. The van der Waals surface area contributed by atoms with Crippen LogP contribution in [0.15, 0.2) is 23.3 Å². The van der Waals surface area contributed by atoms with Gasteiger partial charge in [0.15, 0.2) is 0 Å². The number of methoxy groups -OCH3 is 2. The predicted molar refractivity (Wildman–Crippen MR) is 72.9 cm³/mol. The molecule has 0 aromatic heterocycles. The average Bonchev–Trinajstić information content (AvgIpc) is 2.45. The zero-order chi connectivity index (χ0) is 15.0. The second-order valence-electron chi connectivity index (χ2n) is 4.11. The van der Waals surface area contributed by atoms with Crippen LogP contribution in [-0.4, -0.2) is 25.3 Å². The third-order valence-electron chi connectivity index (χ3n) is 2.86. The van der Waals surface area contributed by atoms with E-state index in [2.05, 4.69) is 10.0 Å². The summed E-state index contributed by atoms with van der Waals surface area (Å²) in [6.45, 7) is 0. The van der Waals surface area contributed by atoms with E-state index in [1.807, 2.05) is 0 Å². The van der Waals surface area contributed by atoms with Crippen LogP contribution >= 0.6 is 0 Å². The molecule has 1 unspecified atom stereocenters. The van der Waals surface area contributed by atoms with Gasteiger partial charge >= 0.3 is 5.97 Å². The SMILES string of the molecule is COc1ccc(OC)c(C(CCCC(=O)O)N=[N+]=[N-])c1. The number of azide groups is 1. The van der Waals surface area contributed by atoms with Crippen molar-refractivity contribution in [3.63, 3.8) is 0 Å². The lowest BCUT2D eigenvalue weighted by molar-refractivity contribution is -0.137. The first-order valence-corrected chi connectivity index (χ1v) is 6.10. The highest BCUT2D eigenvalue weighted by Gasteiger charge is 2.16. The summed E-state index contributed by atoms with van der Waals surface area (Å²) in [4.78, 5) is 13.4. The van der Waals surface area contributed by atoms with Gasteiger partial charge in [-0.2, -0.15) is 0 Å². The van der Waals surface area contributed by atoms with Crippen LogP contribution in [0.25, 0.3) is 10.4 Å². The van der Waals surface area contributed by atoms with Crippen LogP contribution in [0.4, 0.5) is 0 Å². The number of benzene rings is 1. The highest BCUT2D eigenvalue weighted by Crippen LogP contribution is 2.34. The summed E-state index contributed by atoms with van der Waals surface area (Å²) < 4.78 is 10.4. The van der Waals surface area contributed by atoms with E-state index >= 15 is 0 Å². The molecular formula is C13H17N3O4. The Balaban J connectivity index is 2.99. The second kappa shape index (κ2) is 7.91. The van der Waals surface area contributed by atoms with Gasteiger partial charge < -0.3 is 14.6 Å². The Morgan fingerprint density at radius 1 is 1.45 bits per heavy atom. The normalized spacial score (nSPS) is 11.3. The quantitative estimate of drug-likeness (QED) is 0.447. The molecule has 0 aliphatic carbocycles. The van der Waals surface area contributed by atoms with Crippen molar-refractivity contribution < 1.29 is 19.4 Å². The molecule has 7 heteroatoms. The number of ether oxygens (including phenoxy) is 2. The molecule has 0 heterocycles. The molecule has 0 radical (unpaired) electrons. The van der Waals surface area contributed by atoms with Crippen LogP contribution in [0, 0.1) is 0 Å². The lowest BCUT2D eigenvalue weighted by Crippen LogP contribution is -2.02. The molecule has 0 aliphatic heterocycles. The Morgan fingerprint density at radius 3 is 2.75 bits per heavy atom. The van der Waals surface area contributed by atoms with Gasteiger partial charge in [-0.3, -0.25) is 4.79 Å². The number of carboxylic acid groups (broad SMARTS) is 1. The molecule has 0 saturated carbocycles. The maximum atomic E-state index is 10.6. The minimum absolute atomic E-state index is 0.0315. The van der Waals surface area contributed by atoms with E-state index in [-0.39, 0.29) is 6.42 Å². The molecule has 0 aliphatic rings. The van der Waals surface area contributed by atoms with Gasteiger partial charge in [0.1, 0.15) is 11.5 Å². The Morgan fingerprint density at radius 2 is 2.20 bits per heavy atom. The molecule has 1 aromatic carbocycles. The Hall–Kier alpha value is -2.40. The molecule has 0 spiro atoms. The minimum atomic E-state index is -0.873. The van der Waals surface area contributed by atoms with Crippen molar-refractivity contribution in [1.29, 1.82) is 0 Å². The highest BCUT2D eigenvalue weighted by molar-refractivity contribution is 5.66. The van der Waals surface area contributed by atoms with Crippen molar-refractivity contribution in [2.45, 2.75) is 25.3 Å². The summed E-state index contributed by atoms with van der Waals surface area (Å²) in [6.07, 6.45) is 0.878. The molecule has 0 bridgehead atoms. The monoisotopic (exact) mass is 279 g/mol. The summed E-state index contributed by atoms with van der Waals surface area (Å²) in [7, 11) is 3.06. The van der Waals surface area contributed by atoms with Crippen LogP contribution in [0.2, 0.25) is 0 Å². The number of carbonyl (C=O) groups is 1. The van der Waals surface area contributed by atoms with Crippen molar-refractivity contribution >= 4 is 5.97 Å². The fourth-order valence-electron chi connectivity index (χ4n) is 1.88. The first-order valence-electron chi connectivity index (χ1n) is 6.10. The minimum Gasteiger partial charge on any atom is -0.497 e. The maximum Gasteiger partial charge on any atom is 0.303 e. The van der Waals surface area contributed by atoms with E-state index in [0.29, 0.717) is 29.9 Å². The van der Waals surface area contributed by atoms with Crippen molar-refractivity contribution in [2.75, 3.05) is 14.2 Å². The predicted octanol–water partition coefficient (Wildman–Crippen LogP) is 3.31. The van der Waals surface area contributed by atoms with Gasteiger partial charge in [-0.05, 0) is 36.6 Å². The third-order valence-corrected chi connectivity index (χ3v) is 2.86. The number of carboxylic acids is 1. The molecule has 0 amide bonds. The lowest BCUT2D eigenvalue weighted by Gasteiger charge is -2.16. The van der Waals surface area contributed by atoms with Gasteiger partial charge in [-0.1, -0.05) is 5.11 Å². The number of hydrogen-bond acceptors (Lipinski definition) is 4. The van der Waals surface area contributed by atoms with E-state index in [1.165, 1.54) is 7.11 Å². The smallest absolute Gasteiger partial charge is 0.303 e. The zero-order valence-corrected chi connectivity index (χ0v) is 11.4.